The molecule has 1 N–H and O–H groups in total. The number of pyridine rings is 1. The van der Waals surface area contributed by atoms with Crippen molar-refractivity contribution < 1.29 is 14.3 Å². The zero-order valence-corrected chi connectivity index (χ0v) is 19.4. The highest BCUT2D eigenvalue weighted by atomic mass is 16.5. The molecule has 0 fully saturated rings. The molecule has 0 radical (unpaired) electrons. The monoisotopic (exact) mass is 445 g/mol. The zero-order valence-electron chi connectivity index (χ0n) is 19.4. The van der Waals surface area contributed by atoms with E-state index in [2.05, 4.69) is 10.3 Å². The highest BCUT2D eigenvalue weighted by molar-refractivity contribution is 6.13. The Bertz CT molecular complexity index is 1220. The molecule has 0 bridgehead atoms. The third-order valence-corrected chi connectivity index (χ3v) is 5.58. The molecule has 1 aliphatic rings. The smallest absolute Gasteiger partial charge is 0.260 e. The summed E-state index contributed by atoms with van der Waals surface area (Å²) in [5.74, 6) is 0.971. The van der Waals surface area contributed by atoms with Gasteiger partial charge in [0, 0.05) is 39.8 Å². The Balaban J connectivity index is 1.72. The number of fused-ring (bicyclic) bond motifs is 2. The standard InChI is InChI=1S/C25H27N5O3/c1-6-33-22-13-16(24(31)28(2)3)11-12-18(22)27-23-14-20-21(15-26-23)30(5)25(32)17-9-7-8-10-19(17)29(20)4/h7-15H,6H2,1-5H3,(H,26,27). The molecule has 1 aromatic heterocycles. The van der Waals surface area contributed by atoms with Crippen LogP contribution in [0.2, 0.25) is 0 Å². The van der Waals surface area contributed by atoms with E-state index in [4.69, 9.17) is 4.74 Å². The third kappa shape index (κ3) is 4.07. The average Bonchev–Trinajstić information content (AvgIpc) is 2.90. The lowest BCUT2D eigenvalue weighted by atomic mass is 10.1. The molecule has 1 aliphatic heterocycles. The Hall–Kier alpha value is -4.07. The van der Waals surface area contributed by atoms with Gasteiger partial charge in [0.05, 0.1) is 41.1 Å². The Morgan fingerprint density at radius 1 is 1.03 bits per heavy atom. The summed E-state index contributed by atoms with van der Waals surface area (Å²) in [7, 11) is 7.11. The Morgan fingerprint density at radius 3 is 2.52 bits per heavy atom. The lowest BCUT2D eigenvalue weighted by Crippen LogP contribution is -2.25. The van der Waals surface area contributed by atoms with Crippen LogP contribution in [-0.2, 0) is 0 Å². The van der Waals surface area contributed by atoms with Crippen LogP contribution in [0.4, 0.5) is 28.6 Å². The number of hydrogen-bond acceptors (Lipinski definition) is 6. The highest BCUT2D eigenvalue weighted by Crippen LogP contribution is 2.40. The number of para-hydroxylation sites is 1. The molecule has 0 unspecified atom stereocenters. The van der Waals surface area contributed by atoms with Crippen molar-refractivity contribution in [3.63, 3.8) is 0 Å². The summed E-state index contributed by atoms with van der Waals surface area (Å²) in [6.45, 7) is 2.35. The van der Waals surface area contributed by atoms with Gasteiger partial charge in [0.1, 0.15) is 11.6 Å². The summed E-state index contributed by atoms with van der Waals surface area (Å²) < 4.78 is 5.79. The normalized spacial score (nSPS) is 12.6. The van der Waals surface area contributed by atoms with Crippen molar-refractivity contribution >= 4 is 40.4 Å². The maximum absolute atomic E-state index is 13.0. The van der Waals surface area contributed by atoms with Gasteiger partial charge in [-0.15, -0.1) is 0 Å². The lowest BCUT2D eigenvalue weighted by Gasteiger charge is -2.23. The zero-order chi connectivity index (χ0) is 23.7. The van der Waals surface area contributed by atoms with Crippen molar-refractivity contribution in [2.45, 2.75) is 6.92 Å². The van der Waals surface area contributed by atoms with Crippen LogP contribution < -0.4 is 19.9 Å². The van der Waals surface area contributed by atoms with E-state index in [-0.39, 0.29) is 11.8 Å². The van der Waals surface area contributed by atoms with Gasteiger partial charge >= 0.3 is 0 Å². The number of amides is 2. The van der Waals surface area contributed by atoms with Crippen LogP contribution in [0.3, 0.4) is 0 Å². The van der Waals surface area contributed by atoms with Crippen LogP contribution >= 0.6 is 0 Å². The number of carbonyl (C=O) groups is 2. The molecule has 3 aromatic rings. The molecule has 170 valence electrons. The molecule has 33 heavy (non-hydrogen) atoms. The summed E-state index contributed by atoms with van der Waals surface area (Å²) in [4.78, 5) is 35.0. The highest BCUT2D eigenvalue weighted by Gasteiger charge is 2.27. The molecular formula is C25H27N5O3. The fourth-order valence-corrected chi connectivity index (χ4v) is 3.83. The molecule has 4 rings (SSSR count). The molecule has 0 saturated heterocycles. The first kappa shape index (κ1) is 22.1. The summed E-state index contributed by atoms with van der Waals surface area (Å²) in [5.41, 5.74) is 4.24. The second kappa shape index (κ2) is 8.82. The molecule has 0 saturated carbocycles. The summed E-state index contributed by atoms with van der Waals surface area (Å²) >= 11 is 0. The van der Waals surface area contributed by atoms with Gasteiger partial charge in [0.15, 0.2) is 0 Å². The van der Waals surface area contributed by atoms with Crippen molar-refractivity contribution in [3.8, 4) is 5.75 Å². The van der Waals surface area contributed by atoms with E-state index in [0.717, 1.165) is 11.4 Å². The molecule has 0 aliphatic carbocycles. The van der Waals surface area contributed by atoms with Gasteiger partial charge in [-0.1, -0.05) is 12.1 Å². The first-order chi connectivity index (χ1) is 15.8. The predicted molar refractivity (Wildman–Crippen MR) is 130 cm³/mol. The van der Waals surface area contributed by atoms with Crippen molar-refractivity contribution in [2.24, 2.45) is 0 Å². The van der Waals surface area contributed by atoms with E-state index >= 15 is 0 Å². The first-order valence-corrected chi connectivity index (χ1v) is 10.7. The predicted octanol–water partition coefficient (Wildman–Crippen LogP) is 4.28. The second-order valence-electron chi connectivity index (χ2n) is 7.97. The van der Waals surface area contributed by atoms with Gasteiger partial charge in [-0.3, -0.25) is 9.59 Å². The maximum Gasteiger partial charge on any atom is 0.260 e. The number of ether oxygens (including phenoxy) is 1. The topological polar surface area (TPSA) is 78.0 Å². The summed E-state index contributed by atoms with van der Waals surface area (Å²) in [5, 5.41) is 3.30. The first-order valence-electron chi connectivity index (χ1n) is 10.7. The Morgan fingerprint density at radius 2 is 1.79 bits per heavy atom. The van der Waals surface area contributed by atoms with Crippen LogP contribution in [0.5, 0.6) is 5.75 Å². The number of rotatable bonds is 5. The number of nitrogens with one attached hydrogen (secondary N) is 1. The second-order valence-corrected chi connectivity index (χ2v) is 7.97. The quantitative estimate of drug-likeness (QED) is 0.632. The number of aromatic nitrogens is 1. The number of anilines is 5. The van der Waals surface area contributed by atoms with Gasteiger partial charge in [0.25, 0.3) is 11.8 Å². The average molecular weight is 446 g/mol. The van der Waals surface area contributed by atoms with Gasteiger partial charge in [-0.05, 0) is 37.3 Å². The van der Waals surface area contributed by atoms with Crippen molar-refractivity contribution in [1.82, 2.24) is 9.88 Å². The minimum Gasteiger partial charge on any atom is -0.492 e. The molecule has 8 heteroatoms. The fourth-order valence-electron chi connectivity index (χ4n) is 3.83. The maximum atomic E-state index is 13.0. The minimum atomic E-state index is -0.0985. The van der Waals surface area contributed by atoms with E-state index in [1.807, 2.05) is 55.3 Å². The number of nitrogens with zero attached hydrogens (tertiary/aromatic N) is 4. The van der Waals surface area contributed by atoms with Crippen molar-refractivity contribution in [2.75, 3.05) is 49.9 Å². The third-order valence-electron chi connectivity index (χ3n) is 5.58. The molecule has 0 spiro atoms. The molecule has 2 heterocycles. The van der Waals surface area contributed by atoms with Crippen molar-refractivity contribution in [3.05, 3.63) is 65.9 Å². The summed E-state index contributed by atoms with van der Waals surface area (Å²) in [6, 6.07) is 14.7. The Labute approximate surface area is 193 Å². The minimum absolute atomic E-state index is 0.0847. The number of benzene rings is 2. The van der Waals surface area contributed by atoms with Gasteiger partial charge in [0.2, 0.25) is 0 Å². The molecule has 2 aromatic carbocycles. The number of carbonyl (C=O) groups excluding carboxylic acids is 2. The largest absolute Gasteiger partial charge is 0.492 e. The molecule has 8 nitrogen and oxygen atoms in total. The van der Waals surface area contributed by atoms with E-state index < -0.39 is 0 Å². The van der Waals surface area contributed by atoms with E-state index in [1.165, 1.54) is 4.90 Å². The fraction of sp³-hybridized carbons (Fsp3) is 0.240. The van der Waals surface area contributed by atoms with Crippen LogP contribution in [-0.4, -0.2) is 56.5 Å². The Kier molecular flexibility index (Phi) is 5.91. The molecule has 2 amide bonds. The van der Waals surface area contributed by atoms with Crippen LogP contribution in [0, 0.1) is 0 Å². The van der Waals surface area contributed by atoms with Gasteiger partial charge in [-0.2, -0.15) is 0 Å². The van der Waals surface area contributed by atoms with E-state index in [0.29, 0.717) is 40.7 Å². The van der Waals surface area contributed by atoms with Gasteiger partial charge in [-0.25, -0.2) is 4.98 Å². The summed E-state index contributed by atoms with van der Waals surface area (Å²) in [6.07, 6.45) is 1.68. The SMILES string of the molecule is CCOc1cc(C(=O)N(C)C)ccc1Nc1cc2c(cn1)N(C)C(=O)c1ccccc1N2C. The van der Waals surface area contributed by atoms with Crippen LogP contribution in [0.15, 0.2) is 54.7 Å². The van der Waals surface area contributed by atoms with Crippen LogP contribution in [0.25, 0.3) is 0 Å². The molecule has 0 atom stereocenters. The van der Waals surface area contributed by atoms with Crippen molar-refractivity contribution in [1.29, 1.82) is 0 Å². The molecular weight excluding hydrogens is 418 g/mol. The van der Waals surface area contributed by atoms with E-state index in [1.54, 1.807) is 44.4 Å². The lowest BCUT2D eigenvalue weighted by molar-refractivity contribution is 0.0827. The van der Waals surface area contributed by atoms with Gasteiger partial charge < -0.3 is 24.8 Å². The number of hydrogen-bond donors (Lipinski definition) is 1. The van der Waals surface area contributed by atoms with E-state index in [9.17, 15) is 9.59 Å². The van der Waals surface area contributed by atoms with Crippen LogP contribution in [0.1, 0.15) is 27.6 Å².